The third-order valence-electron chi connectivity index (χ3n) is 3.87. The Morgan fingerprint density at radius 2 is 1.94 bits per heavy atom. The predicted molar refractivity (Wildman–Crippen MR) is 75.5 cm³/mol. The molecular formula is C15H21NS. The number of hydrogen-bond donors (Lipinski definition) is 1. The highest BCUT2D eigenvalue weighted by atomic mass is 32.2. The third kappa shape index (κ3) is 2.86. The average molecular weight is 247 g/mol. The van der Waals surface area contributed by atoms with Crippen LogP contribution in [-0.2, 0) is 0 Å². The summed E-state index contributed by atoms with van der Waals surface area (Å²) in [6.07, 6.45) is 4.16. The van der Waals surface area contributed by atoms with Crippen molar-refractivity contribution in [1.82, 2.24) is 5.32 Å². The Labute approximate surface area is 108 Å². The molecule has 2 atom stereocenters. The second-order valence-corrected chi connectivity index (χ2v) is 6.60. The quantitative estimate of drug-likeness (QED) is 0.873. The molecule has 1 N–H and O–H groups in total. The summed E-state index contributed by atoms with van der Waals surface area (Å²) < 4.78 is 0. The van der Waals surface area contributed by atoms with Crippen molar-refractivity contribution in [2.45, 2.75) is 38.3 Å². The van der Waals surface area contributed by atoms with Gasteiger partial charge in [0.05, 0.1) is 0 Å². The summed E-state index contributed by atoms with van der Waals surface area (Å²) in [6, 6.07) is 10.5. The zero-order chi connectivity index (χ0) is 11.7. The minimum atomic E-state index is 0.610. The Bertz CT molecular complexity index is 363. The van der Waals surface area contributed by atoms with Crippen LogP contribution in [0, 0.1) is 12.8 Å². The number of thioether (sulfide) groups is 1. The third-order valence-corrected chi connectivity index (χ3v) is 5.04. The van der Waals surface area contributed by atoms with Gasteiger partial charge in [0.15, 0.2) is 0 Å². The van der Waals surface area contributed by atoms with Gasteiger partial charge in [-0.2, -0.15) is 11.8 Å². The first-order valence-electron chi connectivity index (χ1n) is 6.73. The summed E-state index contributed by atoms with van der Waals surface area (Å²) in [5, 5.41) is 3.89. The van der Waals surface area contributed by atoms with E-state index < -0.39 is 0 Å². The van der Waals surface area contributed by atoms with E-state index >= 15 is 0 Å². The highest BCUT2D eigenvalue weighted by molar-refractivity contribution is 7.99. The van der Waals surface area contributed by atoms with E-state index in [0.717, 1.165) is 12.0 Å². The van der Waals surface area contributed by atoms with E-state index in [9.17, 15) is 0 Å². The molecule has 1 heterocycles. The number of aryl methyl sites for hydroxylation is 1. The van der Waals surface area contributed by atoms with Crippen molar-refractivity contribution in [2.75, 3.05) is 11.5 Å². The van der Waals surface area contributed by atoms with E-state index in [-0.39, 0.29) is 0 Å². The summed E-state index contributed by atoms with van der Waals surface area (Å²) in [5.74, 6) is 3.53. The number of rotatable bonds is 4. The maximum absolute atomic E-state index is 3.89. The van der Waals surface area contributed by atoms with Gasteiger partial charge in [0.25, 0.3) is 0 Å². The van der Waals surface area contributed by atoms with Crippen molar-refractivity contribution in [3.8, 4) is 0 Å². The fourth-order valence-corrected chi connectivity index (χ4v) is 3.79. The molecule has 1 aromatic carbocycles. The van der Waals surface area contributed by atoms with Crippen LogP contribution in [0.15, 0.2) is 24.3 Å². The Hall–Kier alpha value is -0.470. The SMILES string of the molecule is Cc1ccc(C(NC2CCSC2)C2CC2)cc1. The summed E-state index contributed by atoms with van der Waals surface area (Å²) in [4.78, 5) is 0. The van der Waals surface area contributed by atoms with Gasteiger partial charge in [-0.15, -0.1) is 0 Å². The molecule has 1 aromatic rings. The molecule has 1 nitrogen and oxygen atoms in total. The van der Waals surface area contributed by atoms with Crippen LogP contribution in [0.5, 0.6) is 0 Å². The lowest BCUT2D eigenvalue weighted by atomic mass is 10.00. The number of hydrogen-bond acceptors (Lipinski definition) is 2. The van der Waals surface area contributed by atoms with E-state index in [1.165, 1.54) is 41.9 Å². The maximum Gasteiger partial charge on any atom is 0.0351 e. The molecule has 0 radical (unpaired) electrons. The van der Waals surface area contributed by atoms with Crippen LogP contribution in [-0.4, -0.2) is 17.5 Å². The fraction of sp³-hybridized carbons (Fsp3) is 0.600. The molecule has 92 valence electrons. The predicted octanol–water partition coefficient (Wildman–Crippen LogP) is 3.54. The normalized spacial score (nSPS) is 26.1. The highest BCUT2D eigenvalue weighted by Crippen LogP contribution is 2.41. The fourth-order valence-electron chi connectivity index (χ4n) is 2.63. The van der Waals surface area contributed by atoms with Gasteiger partial charge in [-0.1, -0.05) is 29.8 Å². The Kier molecular flexibility index (Phi) is 3.44. The van der Waals surface area contributed by atoms with Crippen molar-refractivity contribution in [3.05, 3.63) is 35.4 Å². The van der Waals surface area contributed by atoms with E-state index in [1.54, 1.807) is 0 Å². The van der Waals surface area contributed by atoms with Crippen LogP contribution in [0.2, 0.25) is 0 Å². The van der Waals surface area contributed by atoms with Crippen LogP contribution in [0.25, 0.3) is 0 Å². The molecule has 1 saturated heterocycles. The van der Waals surface area contributed by atoms with Gasteiger partial charge in [0.1, 0.15) is 0 Å². The van der Waals surface area contributed by atoms with Gasteiger partial charge < -0.3 is 5.32 Å². The van der Waals surface area contributed by atoms with Crippen LogP contribution < -0.4 is 5.32 Å². The molecule has 2 fully saturated rings. The maximum atomic E-state index is 3.89. The van der Waals surface area contributed by atoms with E-state index in [1.807, 2.05) is 0 Å². The van der Waals surface area contributed by atoms with E-state index in [4.69, 9.17) is 0 Å². The van der Waals surface area contributed by atoms with Gasteiger partial charge >= 0.3 is 0 Å². The van der Waals surface area contributed by atoms with Gasteiger partial charge in [0, 0.05) is 17.8 Å². The van der Waals surface area contributed by atoms with Crippen LogP contribution in [0.3, 0.4) is 0 Å². The first-order chi connectivity index (χ1) is 8.33. The minimum absolute atomic E-state index is 0.610. The summed E-state index contributed by atoms with van der Waals surface area (Å²) in [7, 11) is 0. The molecule has 0 aromatic heterocycles. The highest BCUT2D eigenvalue weighted by Gasteiger charge is 2.34. The Morgan fingerprint density at radius 3 is 2.53 bits per heavy atom. The molecule has 2 aliphatic rings. The van der Waals surface area contributed by atoms with Crippen molar-refractivity contribution >= 4 is 11.8 Å². The standard InChI is InChI=1S/C15H21NS/c1-11-2-4-12(5-3-11)15(13-6-7-13)16-14-8-9-17-10-14/h2-5,13-16H,6-10H2,1H3. The van der Waals surface area contributed by atoms with Crippen LogP contribution >= 0.6 is 11.8 Å². The van der Waals surface area contributed by atoms with E-state index in [0.29, 0.717) is 6.04 Å². The molecule has 1 saturated carbocycles. The second-order valence-electron chi connectivity index (χ2n) is 5.45. The molecule has 2 heteroatoms. The number of benzene rings is 1. The lowest BCUT2D eigenvalue weighted by molar-refractivity contribution is 0.423. The Balaban J connectivity index is 1.72. The van der Waals surface area contributed by atoms with Gasteiger partial charge in [-0.25, -0.2) is 0 Å². The summed E-state index contributed by atoms with van der Waals surface area (Å²) in [6.45, 7) is 2.16. The largest absolute Gasteiger partial charge is 0.306 e. The van der Waals surface area contributed by atoms with Gasteiger partial charge in [-0.05, 0) is 43.4 Å². The van der Waals surface area contributed by atoms with Crippen molar-refractivity contribution in [1.29, 1.82) is 0 Å². The molecule has 1 aliphatic heterocycles. The molecule has 0 amide bonds. The summed E-state index contributed by atoms with van der Waals surface area (Å²) >= 11 is 2.09. The first-order valence-corrected chi connectivity index (χ1v) is 7.89. The molecular weight excluding hydrogens is 226 g/mol. The molecule has 0 spiro atoms. The molecule has 0 bridgehead atoms. The molecule has 2 unspecified atom stereocenters. The van der Waals surface area contributed by atoms with Crippen molar-refractivity contribution < 1.29 is 0 Å². The topological polar surface area (TPSA) is 12.0 Å². The lowest BCUT2D eigenvalue weighted by Gasteiger charge is -2.23. The summed E-state index contributed by atoms with van der Waals surface area (Å²) in [5.41, 5.74) is 2.86. The molecule has 3 rings (SSSR count). The van der Waals surface area contributed by atoms with Crippen LogP contribution in [0.4, 0.5) is 0 Å². The van der Waals surface area contributed by atoms with Crippen molar-refractivity contribution in [2.24, 2.45) is 5.92 Å². The Morgan fingerprint density at radius 1 is 1.18 bits per heavy atom. The smallest absolute Gasteiger partial charge is 0.0351 e. The van der Waals surface area contributed by atoms with Crippen LogP contribution in [0.1, 0.15) is 36.4 Å². The zero-order valence-corrected chi connectivity index (χ0v) is 11.3. The van der Waals surface area contributed by atoms with Gasteiger partial charge in [0.2, 0.25) is 0 Å². The second kappa shape index (κ2) is 5.03. The molecule has 1 aliphatic carbocycles. The zero-order valence-electron chi connectivity index (χ0n) is 10.5. The lowest BCUT2D eigenvalue weighted by Crippen LogP contribution is -2.33. The number of nitrogens with one attached hydrogen (secondary N) is 1. The minimum Gasteiger partial charge on any atom is -0.306 e. The van der Waals surface area contributed by atoms with E-state index in [2.05, 4.69) is 48.3 Å². The average Bonchev–Trinajstić information content (AvgIpc) is 3.05. The first kappa shape index (κ1) is 11.6. The van der Waals surface area contributed by atoms with Crippen molar-refractivity contribution in [3.63, 3.8) is 0 Å². The van der Waals surface area contributed by atoms with Gasteiger partial charge in [-0.3, -0.25) is 0 Å². The monoisotopic (exact) mass is 247 g/mol. The molecule has 17 heavy (non-hydrogen) atoms.